The molecule has 1 unspecified atom stereocenters. The lowest BCUT2D eigenvalue weighted by molar-refractivity contribution is 0.224. The number of anilines is 1. The monoisotopic (exact) mass is 203 g/mol. The molecule has 1 atom stereocenters. The Hall–Kier alpha value is -1.39. The maximum atomic E-state index is 9.93. The van der Waals surface area contributed by atoms with Gasteiger partial charge in [-0.1, -0.05) is 6.07 Å². The number of hydrogen-bond donors (Lipinski definition) is 2. The molecule has 2 aliphatic heterocycles. The molecule has 3 rings (SSSR count). The van der Waals surface area contributed by atoms with Crippen LogP contribution in [0.5, 0.6) is 0 Å². The smallest absolute Gasteiger partial charge is 0.138 e. The van der Waals surface area contributed by atoms with Gasteiger partial charge in [0.15, 0.2) is 0 Å². The van der Waals surface area contributed by atoms with E-state index in [1.807, 2.05) is 18.2 Å². The van der Waals surface area contributed by atoms with E-state index in [9.17, 15) is 5.11 Å². The van der Waals surface area contributed by atoms with Gasteiger partial charge in [0.1, 0.15) is 11.9 Å². The Morgan fingerprint density at radius 3 is 3.40 bits per heavy atom. The highest BCUT2D eigenvalue weighted by atomic mass is 16.3. The van der Waals surface area contributed by atoms with E-state index in [-0.39, 0.29) is 0 Å². The van der Waals surface area contributed by atoms with Gasteiger partial charge in [-0.2, -0.15) is 0 Å². The highest BCUT2D eigenvalue weighted by Crippen LogP contribution is 2.33. The van der Waals surface area contributed by atoms with Gasteiger partial charge in [0.05, 0.1) is 0 Å². The van der Waals surface area contributed by atoms with Crippen LogP contribution in [0, 0.1) is 0 Å². The second-order valence-electron chi connectivity index (χ2n) is 3.85. The van der Waals surface area contributed by atoms with Gasteiger partial charge in [0.25, 0.3) is 0 Å². The van der Waals surface area contributed by atoms with Crippen molar-refractivity contribution < 1.29 is 5.11 Å². The van der Waals surface area contributed by atoms with E-state index in [0.717, 1.165) is 36.7 Å². The quantitative estimate of drug-likeness (QED) is 0.641. The number of aliphatic hydroxyl groups excluding tert-OH is 1. The summed E-state index contributed by atoms with van der Waals surface area (Å²) in [5, 5.41) is 13.2. The minimum Gasteiger partial charge on any atom is -0.384 e. The molecule has 1 aromatic heterocycles. The highest BCUT2D eigenvalue weighted by Gasteiger charge is 2.27. The number of rotatable bonds is 0. The maximum absolute atomic E-state index is 9.93. The van der Waals surface area contributed by atoms with E-state index < -0.39 is 6.10 Å². The summed E-state index contributed by atoms with van der Waals surface area (Å²) >= 11 is 0. The predicted octanol–water partition coefficient (Wildman–Crippen LogP) is 0.422. The minimum absolute atomic E-state index is 0.514. The number of nitrogens with zero attached hydrogens (tertiary/aromatic N) is 2. The third-order valence-electron chi connectivity index (χ3n) is 2.91. The Morgan fingerprint density at radius 1 is 1.53 bits per heavy atom. The normalized spacial score (nSPS) is 24.2. The standard InChI is InChI=1S/C11H13N3O/c15-10-6-8-7-12-4-5-14(8)11-9(10)2-1-3-13-11/h1-3,6,10,12,15H,4-5,7H2. The number of piperazine rings is 1. The number of fused-ring (bicyclic) bond motifs is 3. The van der Waals surface area contributed by atoms with Crippen LogP contribution >= 0.6 is 0 Å². The van der Waals surface area contributed by atoms with Crippen molar-refractivity contribution in [3.63, 3.8) is 0 Å². The van der Waals surface area contributed by atoms with Gasteiger partial charge >= 0.3 is 0 Å². The number of pyridine rings is 1. The molecule has 3 heterocycles. The van der Waals surface area contributed by atoms with E-state index in [4.69, 9.17) is 0 Å². The lowest BCUT2D eigenvalue weighted by Crippen LogP contribution is -2.44. The zero-order valence-corrected chi connectivity index (χ0v) is 8.35. The van der Waals surface area contributed by atoms with Crippen molar-refractivity contribution in [2.75, 3.05) is 24.5 Å². The fourth-order valence-electron chi connectivity index (χ4n) is 2.17. The van der Waals surface area contributed by atoms with Crippen LogP contribution in [-0.2, 0) is 0 Å². The second-order valence-corrected chi connectivity index (χ2v) is 3.85. The first kappa shape index (κ1) is 8.88. The van der Waals surface area contributed by atoms with E-state index in [1.165, 1.54) is 0 Å². The van der Waals surface area contributed by atoms with Gasteiger partial charge in [-0.05, 0) is 12.1 Å². The van der Waals surface area contributed by atoms with Crippen molar-refractivity contribution in [2.45, 2.75) is 6.10 Å². The predicted molar refractivity (Wildman–Crippen MR) is 57.5 cm³/mol. The maximum Gasteiger partial charge on any atom is 0.138 e. The first-order valence-corrected chi connectivity index (χ1v) is 5.18. The largest absolute Gasteiger partial charge is 0.384 e. The fourth-order valence-corrected chi connectivity index (χ4v) is 2.17. The van der Waals surface area contributed by atoms with Crippen LogP contribution in [0.3, 0.4) is 0 Å². The SMILES string of the molecule is OC1C=C2CNCCN2c2ncccc21. The number of nitrogens with one attached hydrogen (secondary N) is 1. The zero-order valence-electron chi connectivity index (χ0n) is 8.35. The number of aliphatic hydroxyl groups is 1. The summed E-state index contributed by atoms with van der Waals surface area (Å²) in [4.78, 5) is 6.53. The Labute approximate surface area is 88.2 Å². The van der Waals surface area contributed by atoms with E-state index >= 15 is 0 Å². The molecule has 78 valence electrons. The fraction of sp³-hybridized carbons (Fsp3) is 0.364. The van der Waals surface area contributed by atoms with E-state index in [1.54, 1.807) is 6.20 Å². The summed E-state index contributed by atoms with van der Waals surface area (Å²) < 4.78 is 0. The molecule has 1 saturated heterocycles. The van der Waals surface area contributed by atoms with Crippen molar-refractivity contribution >= 4 is 5.82 Å². The summed E-state index contributed by atoms with van der Waals surface area (Å²) in [6, 6.07) is 3.80. The molecule has 4 heteroatoms. The molecule has 0 radical (unpaired) electrons. The topological polar surface area (TPSA) is 48.4 Å². The third-order valence-corrected chi connectivity index (χ3v) is 2.91. The van der Waals surface area contributed by atoms with Crippen LogP contribution in [0.15, 0.2) is 30.1 Å². The van der Waals surface area contributed by atoms with Crippen LogP contribution in [0.2, 0.25) is 0 Å². The van der Waals surface area contributed by atoms with E-state index in [0.29, 0.717) is 0 Å². The van der Waals surface area contributed by atoms with Crippen molar-refractivity contribution in [2.24, 2.45) is 0 Å². The van der Waals surface area contributed by atoms with Gasteiger partial charge in [-0.15, -0.1) is 0 Å². The van der Waals surface area contributed by atoms with Gasteiger partial charge in [-0.25, -0.2) is 4.98 Å². The highest BCUT2D eigenvalue weighted by molar-refractivity contribution is 5.58. The molecule has 2 aliphatic rings. The lowest BCUT2D eigenvalue weighted by Gasteiger charge is -2.36. The van der Waals surface area contributed by atoms with Crippen LogP contribution in [0.1, 0.15) is 11.7 Å². The Kier molecular flexibility index (Phi) is 1.97. The van der Waals surface area contributed by atoms with Gasteiger partial charge in [0.2, 0.25) is 0 Å². The molecule has 15 heavy (non-hydrogen) atoms. The Bertz CT molecular complexity index is 416. The van der Waals surface area contributed by atoms with Crippen LogP contribution in [0.25, 0.3) is 0 Å². The van der Waals surface area contributed by atoms with Crippen molar-refractivity contribution in [3.8, 4) is 0 Å². The third kappa shape index (κ3) is 1.33. The van der Waals surface area contributed by atoms with Crippen LogP contribution in [0.4, 0.5) is 5.82 Å². The molecule has 0 aromatic carbocycles. The summed E-state index contributed by atoms with van der Waals surface area (Å²) in [6.45, 7) is 2.69. The molecule has 0 spiro atoms. The average Bonchev–Trinajstić information content (AvgIpc) is 2.30. The summed E-state index contributed by atoms with van der Waals surface area (Å²) in [5.41, 5.74) is 2.03. The van der Waals surface area contributed by atoms with Crippen molar-refractivity contribution in [1.82, 2.24) is 10.3 Å². The Balaban J connectivity index is 2.10. The second kappa shape index (κ2) is 3.32. The number of hydrogen-bond acceptors (Lipinski definition) is 4. The summed E-state index contributed by atoms with van der Waals surface area (Å²) in [5.74, 6) is 0.906. The molecule has 0 saturated carbocycles. The summed E-state index contributed by atoms with van der Waals surface area (Å²) in [6.07, 6.45) is 3.16. The molecule has 4 nitrogen and oxygen atoms in total. The van der Waals surface area contributed by atoms with Gasteiger partial charge < -0.3 is 15.3 Å². The van der Waals surface area contributed by atoms with Crippen LogP contribution < -0.4 is 10.2 Å². The van der Waals surface area contributed by atoms with Crippen molar-refractivity contribution in [3.05, 3.63) is 35.7 Å². The molecule has 0 bridgehead atoms. The molecular weight excluding hydrogens is 190 g/mol. The van der Waals surface area contributed by atoms with Gasteiger partial charge in [0, 0.05) is 37.1 Å². The molecular formula is C11H13N3O. The Morgan fingerprint density at radius 2 is 2.47 bits per heavy atom. The zero-order chi connectivity index (χ0) is 10.3. The average molecular weight is 203 g/mol. The van der Waals surface area contributed by atoms with Crippen molar-refractivity contribution in [1.29, 1.82) is 0 Å². The summed E-state index contributed by atoms with van der Waals surface area (Å²) in [7, 11) is 0. The molecule has 1 fully saturated rings. The van der Waals surface area contributed by atoms with Crippen LogP contribution in [-0.4, -0.2) is 29.7 Å². The molecule has 0 aliphatic carbocycles. The molecule has 0 amide bonds. The van der Waals surface area contributed by atoms with E-state index in [2.05, 4.69) is 15.2 Å². The molecule has 2 N–H and O–H groups in total. The first-order chi connectivity index (χ1) is 7.36. The first-order valence-electron chi connectivity index (χ1n) is 5.18. The van der Waals surface area contributed by atoms with Gasteiger partial charge in [-0.3, -0.25) is 0 Å². The molecule has 1 aromatic rings. The lowest BCUT2D eigenvalue weighted by atomic mass is 10.0. The minimum atomic E-state index is -0.514. The number of aromatic nitrogens is 1.